The Balaban J connectivity index is 1.25. The Morgan fingerprint density at radius 3 is 2.61 bits per heavy atom. The molecule has 5 rings (SSSR count). The van der Waals surface area contributed by atoms with Gasteiger partial charge in [0, 0.05) is 13.1 Å². The third-order valence-corrected chi connectivity index (χ3v) is 9.15. The van der Waals surface area contributed by atoms with Crippen molar-refractivity contribution in [2.75, 3.05) is 25.4 Å². The monoisotopic (exact) mass is 470 g/mol. The molecular formula is C28H39ClN2O2. The van der Waals surface area contributed by atoms with Gasteiger partial charge in [-0.15, -0.1) is 0 Å². The molecule has 180 valence electrons. The highest BCUT2D eigenvalue weighted by atomic mass is 35.5. The smallest absolute Gasteiger partial charge is 0.409 e. The molecule has 33 heavy (non-hydrogen) atoms. The number of rotatable bonds is 6. The van der Waals surface area contributed by atoms with E-state index in [-0.39, 0.29) is 11.5 Å². The van der Waals surface area contributed by atoms with Crippen molar-refractivity contribution in [2.24, 2.45) is 23.2 Å². The topological polar surface area (TPSA) is 55.6 Å². The Hall–Kier alpha value is -1.68. The van der Waals surface area contributed by atoms with Gasteiger partial charge in [-0.05, 0) is 73.0 Å². The van der Waals surface area contributed by atoms with E-state index in [0.29, 0.717) is 29.2 Å². The van der Waals surface area contributed by atoms with Gasteiger partial charge in [-0.2, -0.15) is 0 Å². The Bertz CT molecular complexity index is 888. The van der Waals surface area contributed by atoms with Crippen LogP contribution in [0.2, 0.25) is 5.02 Å². The van der Waals surface area contributed by atoms with Crippen LogP contribution in [-0.2, 0) is 4.74 Å². The summed E-state index contributed by atoms with van der Waals surface area (Å²) in [7, 11) is 0. The van der Waals surface area contributed by atoms with Crippen LogP contribution in [0.15, 0.2) is 23.8 Å². The molecule has 0 unspecified atom stereocenters. The third-order valence-electron chi connectivity index (χ3n) is 8.82. The number of carbonyl (C=O) groups is 1. The van der Waals surface area contributed by atoms with Crippen LogP contribution in [0.1, 0.15) is 82.6 Å². The zero-order chi connectivity index (χ0) is 22.8. The van der Waals surface area contributed by atoms with Crippen LogP contribution in [0.5, 0.6) is 0 Å². The third kappa shape index (κ3) is 5.37. The number of carbonyl (C=O) groups excluding carboxylic acids is 1. The number of nitrogens with two attached hydrogens (primary N) is 1. The van der Waals surface area contributed by atoms with Crippen molar-refractivity contribution in [2.45, 2.75) is 77.0 Å². The molecule has 1 saturated heterocycles. The van der Waals surface area contributed by atoms with E-state index in [1.165, 1.54) is 70.6 Å². The Morgan fingerprint density at radius 1 is 1.12 bits per heavy atom. The lowest BCUT2D eigenvalue weighted by Gasteiger charge is -2.24. The average Bonchev–Trinajstić information content (AvgIpc) is 3.14. The first-order valence-electron chi connectivity index (χ1n) is 13.2. The average molecular weight is 471 g/mol. The number of amides is 1. The molecular weight excluding hydrogens is 432 g/mol. The van der Waals surface area contributed by atoms with Gasteiger partial charge in [-0.3, -0.25) is 0 Å². The fourth-order valence-corrected chi connectivity index (χ4v) is 6.89. The van der Waals surface area contributed by atoms with E-state index in [9.17, 15) is 4.79 Å². The first kappa shape index (κ1) is 23.1. The highest BCUT2D eigenvalue weighted by molar-refractivity contribution is 6.33. The molecule has 5 heteroatoms. The van der Waals surface area contributed by atoms with E-state index in [1.54, 1.807) is 5.57 Å². The maximum absolute atomic E-state index is 12.7. The number of nitrogens with zero attached hydrogens (tertiary/aromatic N) is 1. The van der Waals surface area contributed by atoms with Gasteiger partial charge >= 0.3 is 6.09 Å². The van der Waals surface area contributed by atoms with Crippen molar-refractivity contribution < 1.29 is 9.53 Å². The SMILES string of the molecule is Nc1ccc(/C=C(\CC2CCCCC2)[C@@H]2C[C@]23CCN(C(=O)OCC2CCCC2)C3)cc1Cl. The van der Waals surface area contributed by atoms with Gasteiger partial charge < -0.3 is 15.4 Å². The van der Waals surface area contributed by atoms with Crippen molar-refractivity contribution in [3.63, 3.8) is 0 Å². The Labute approximate surface area is 203 Å². The minimum absolute atomic E-state index is 0.0902. The Morgan fingerprint density at radius 2 is 1.85 bits per heavy atom. The predicted octanol–water partition coefficient (Wildman–Crippen LogP) is 7.31. The highest BCUT2D eigenvalue weighted by Gasteiger charge is 2.59. The molecule has 0 radical (unpaired) electrons. The maximum Gasteiger partial charge on any atom is 0.409 e. The summed E-state index contributed by atoms with van der Waals surface area (Å²) >= 11 is 6.32. The number of hydrogen-bond acceptors (Lipinski definition) is 3. The minimum atomic E-state index is -0.0902. The molecule has 4 nitrogen and oxygen atoms in total. The van der Waals surface area contributed by atoms with Gasteiger partial charge in [0.25, 0.3) is 0 Å². The summed E-state index contributed by atoms with van der Waals surface area (Å²) in [5, 5.41) is 0.628. The molecule has 1 aromatic rings. The normalized spacial score (nSPS) is 28.6. The van der Waals surface area contributed by atoms with Crippen LogP contribution in [0.4, 0.5) is 10.5 Å². The van der Waals surface area contributed by atoms with Crippen LogP contribution in [0, 0.1) is 23.2 Å². The molecule has 4 fully saturated rings. The number of hydrogen-bond donors (Lipinski definition) is 1. The standard InChI is InChI=1S/C28H39ClN2O2/c29-25-16-22(10-11-26(25)30)15-23(14-20-6-2-1-3-7-20)24-17-28(24)12-13-31(19-28)27(32)33-18-21-8-4-5-9-21/h10-11,15-16,20-21,24H,1-9,12-14,17-19,30H2/b23-15+/t24-,28-/m0/s1. The van der Waals surface area contributed by atoms with Crippen molar-refractivity contribution in [3.05, 3.63) is 34.4 Å². The fraction of sp³-hybridized carbons (Fsp3) is 0.679. The molecule has 1 spiro atoms. The molecule has 0 bridgehead atoms. The molecule has 2 atom stereocenters. The molecule has 1 heterocycles. The number of benzene rings is 1. The van der Waals surface area contributed by atoms with Crippen LogP contribution < -0.4 is 5.73 Å². The van der Waals surface area contributed by atoms with Gasteiger partial charge in [-0.25, -0.2) is 4.79 Å². The van der Waals surface area contributed by atoms with Crippen molar-refractivity contribution >= 4 is 29.5 Å². The summed E-state index contributed by atoms with van der Waals surface area (Å²) in [6.45, 7) is 2.30. The number of ether oxygens (including phenoxy) is 1. The Kier molecular flexibility index (Phi) is 6.92. The van der Waals surface area contributed by atoms with Crippen molar-refractivity contribution in [1.29, 1.82) is 0 Å². The summed E-state index contributed by atoms with van der Waals surface area (Å²) in [6, 6.07) is 5.99. The first-order valence-corrected chi connectivity index (χ1v) is 13.6. The van der Waals surface area contributed by atoms with Gasteiger partial charge in [0.15, 0.2) is 0 Å². The number of likely N-dealkylation sites (tertiary alicyclic amines) is 1. The number of nitrogen functional groups attached to an aromatic ring is 1. The van der Waals surface area contributed by atoms with Crippen molar-refractivity contribution in [3.8, 4) is 0 Å². The van der Waals surface area contributed by atoms with E-state index >= 15 is 0 Å². The summed E-state index contributed by atoms with van der Waals surface area (Å²) in [5.41, 5.74) is 9.53. The fourth-order valence-electron chi connectivity index (χ4n) is 6.71. The van der Waals surface area contributed by atoms with Crippen LogP contribution in [-0.4, -0.2) is 30.7 Å². The van der Waals surface area contributed by atoms with Gasteiger partial charge in [0.2, 0.25) is 0 Å². The summed E-state index contributed by atoms with van der Waals surface area (Å²) in [5.74, 6) is 1.94. The van der Waals surface area contributed by atoms with E-state index < -0.39 is 0 Å². The summed E-state index contributed by atoms with van der Waals surface area (Å²) in [4.78, 5) is 14.7. The number of halogens is 1. The summed E-state index contributed by atoms with van der Waals surface area (Å²) in [6.07, 6.45) is 17.6. The predicted molar refractivity (Wildman–Crippen MR) is 135 cm³/mol. The van der Waals surface area contributed by atoms with Gasteiger partial charge in [0.05, 0.1) is 17.3 Å². The molecule has 1 aromatic carbocycles. The minimum Gasteiger partial charge on any atom is -0.449 e. The van der Waals surface area contributed by atoms with Gasteiger partial charge in [-0.1, -0.05) is 74.3 Å². The molecule has 1 amide bonds. The zero-order valence-electron chi connectivity index (χ0n) is 19.9. The lowest BCUT2D eigenvalue weighted by Crippen LogP contribution is -2.31. The van der Waals surface area contributed by atoms with E-state index in [2.05, 4.69) is 12.1 Å². The van der Waals surface area contributed by atoms with Gasteiger partial charge in [0.1, 0.15) is 0 Å². The second-order valence-electron chi connectivity index (χ2n) is 11.2. The molecule has 2 N–H and O–H groups in total. The molecule has 0 aromatic heterocycles. The maximum atomic E-state index is 12.7. The molecule has 3 saturated carbocycles. The lowest BCUT2D eigenvalue weighted by molar-refractivity contribution is 0.0937. The largest absolute Gasteiger partial charge is 0.449 e. The van der Waals surface area contributed by atoms with Crippen molar-refractivity contribution in [1.82, 2.24) is 4.90 Å². The van der Waals surface area contributed by atoms with E-state index in [0.717, 1.165) is 31.0 Å². The van der Waals surface area contributed by atoms with Crippen LogP contribution in [0.3, 0.4) is 0 Å². The molecule has 4 aliphatic rings. The lowest BCUT2D eigenvalue weighted by atomic mass is 9.82. The van der Waals surface area contributed by atoms with Crippen LogP contribution in [0.25, 0.3) is 6.08 Å². The number of anilines is 1. The quantitative estimate of drug-likeness (QED) is 0.443. The second-order valence-corrected chi connectivity index (χ2v) is 11.6. The summed E-state index contributed by atoms with van der Waals surface area (Å²) < 4.78 is 5.71. The molecule has 3 aliphatic carbocycles. The second kappa shape index (κ2) is 9.90. The number of allylic oxidation sites excluding steroid dienone is 1. The van der Waals surface area contributed by atoms with E-state index in [4.69, 9.17) is 22.1 Å². The zero-order valence-corrected chi connectivity index (χ0v) is 20.6. The molecule has 1 aliphatic heterocycles. The van der Waals surface area contributed by atoms with Crippen LogP contribution >= 0.6 is 11.6 Å². The first-order chi connectivity index (χ1) is 16.0. The van der Waals surface area contributed by atoms with E-state index in [1.807, 2.05) is 17.0 Å². The highest BCUT2D eigenvalue weighted by Crippen LogP contribution is 2.63.